The second-order valence-corrected chi connectivity index (χ2v) is 9.34. The average molecular weight is 429 g/mol. The number of para-hydroxylation sites is 2. The number of nitrogens with zero attached hydrogens (tertiary/aromatic N) is 4. The molecule has 7 heteroatoms. The van der Waals surface area contributed by atoms with Crippen LogP contribution in [0.5, 0.6) is 5.75 Å². The van der Waals surface area contributed by atoms with Crippen LogP contribution in [0.15, 0.2) is 54.6 Å². The minimum Gasteiger partial charge on any atom is -0.487 e. The Morgan fingerprint density at radius 2 is 1.94 bits per heavy atom. The first-order chi connectivity index (χ1) is 15.0. The number of hydrogen-bond donors (Lipinski definition) is 0. The van der Waals surface area contributed by atoms with Gasteiger partial charge in [0.1, 0.15) is 18.1 Å². The van der Waals surface area contributed by atoms with Crippen molar-refractivity contribution in [1.82, 2.24) is 14.8 Å². The quantitative estimate of drug-likeness (QED) is 0.442. The number of ether oxygens (including phenoxy) is 1. The summed E-state index contributed by atoms with van der Waals surface area (Å²) in [4.78, 5) is 17.9. The van der Waals surface area contributed by atoms with Crippen LogP contribution in [0.1, 0.15) is 47.9 Å². The highest BCUT2D eigenvalue weighted by molar-refractivity contribution is 7.20. The molecule has 6 nitrogen and oxygen atoms in total. The lowest BCUT2D eigenvalue weighted by molar-refractivity contribution is 0.0896. The maximum absolute atomic E-state index is 13.2. The lowest BCUT2D eigenvalue weighted by atomic mass is 9.68. The molecule has 2 aromatic carbocycles. The van der Waals surface area contributed by atoms with E-state index in [2.05, 4.69) is 6.07 Å². The lowest BCUT2D eigenvalue weighted by Gasteiger charge is -2.33. The predicted molar refractivity (Wildman–Crippen MR) is 119 cm³/mol. The third-order valence-corrected chi connectivity index (χ3v) is 6.67. The molecule has 5 rings (SSSR count). The number of ketones is 1. The van der Waals surface area contributed by atoms with E-state index in [1.807, 2.05) is 68.4 Å². The zero-order valence-electron chi connectivity index (χ0n) is 17.2. The normalized spacial score (nSPS) is 17.3. The molecule has 1 atom stereocenters. The minimum atomic E-state index is -0.495. The summed E-state index contributed by atoms with van der Waals surface area (Å²) in [5.41, 5.74) is 2.03. The van der Waals surface area contributed by atoms with Crippen molar-refractivity contribution < 1.29 is 9.53 Å². The van der Waals surface area contributed by atoms with Crippen LogP contribution in [-0.4, -0.2) is 20.5 Å². The summed E-state index contributed by atoms with van der Waals surface area (Å²) in [5, 5.41) is 15.4. The first kappa shape index (κ1) is 19.5. The molecule has 1 unspecified atom stereocenters. The van der Waals surface area contributed by atoms with Crippen LogP contribution in [0.25, 0.3) is 15.3 Å². The Labute approximate surface area is 183 Å². The van der Waals surface area contributed by atoms with Gasteiger partial charge in [-0.05, 0) is 29.7 Å². The summed E-state index contributed by atoms with van der Waals surface area (Å²) < 4.78 is 8.62. The zero-order chi connectivity index (χ0) is 21.6. The number of hydrogen-bond acceptors (Lipinski definition) is 6. The van der Waals surface area contributed by atoms with E-state index in [0.29, 0.717) is 34.3 Å². The monoisotopic (exact) mass is 428 g/mol. The molecule has 4 aromatic rings. The second-order valence-electron chi connectivity index (χ2n) is 8.34. The van der Waals surface area contributed by atoms with Crippen molar-refractivity contribution in [2.45, 2.75) is 32.8 Å². The molecule has 2 heterocycles. The summed E-state index contributed by atoms with van der Waals surface area (Å²) >= 11 is 1.49. The van der Waals surface area contributed by atoms with Gasteiger partial charge in [0, 0.05) is 6.42 Å². The van der Waals surface area contributed by atoms with Gasteiger partial charge in [-0.15, -0.1) is 0 Å². The van der Waals surface area contributed by atoms with Crippen LogP contribution >= 0.6 is 11.3 Å². The molecule has 31 heavy (non-hydrogen) atoms. The molecule has 0 spiro atoms. The summed E-state index contributed by atoms with van der Waals surface area (Å²) in [6.07, 6.45) is 0.294. The van der Waals surface area contributed by atoms with E-state index in [1.165, 1.54) is 11.3 Å². The number of thiazole rings is 1. The van der Waals surface area contributed by atoms with E-state index in [9.17, 15) is 10.1 Å². The number of aromatic nitrogens is 3. The van der Waals surface area contributed by atoms with Crippen molar-refractivity contribution >= 4 is 27.3 Å². The summed E-state index contributed by atoms with van der Waals surface area (Å²) in [6.45, 7) is 4.06. The van der Waals surface area contributed by atoms with E-state index >= 15 is 0 Å². The van der Waals surface area contributed by atoms with Crippen LogP contribution in [0.3, 0.4) is 0 Å². The second kappa shape index (κ2) is 7.33. The van der Waals surface area contributed by atoms with Gasteiger partial charge in [0.05, 0.1) is 33.5 Å². The average Bonchev–Trinajstić information content (AvgIpc) is 3.34. The number of fused-ring (bicyclic) bond motifs is 2. The van der Waals surface area contributed by atoms with Gasteiger partial charge >= 0.3 is 0 Å². The van der Waals surface area contributed by atoms with Gasteiger partial charge in [-0.25, -0.2) is 9.67 Å². The lowest BCUT2D eigenvalue weighted by Crippen LogP contribution is -2.32. The molecule has 0 radical (unpaired) electrons. The van der Waals surface area contributed by atoms with Crippen molar-refractivity contribution in [3.05, 3.63) is 71.5 Å². The Kier molecular flexibility index (Phi) is 4.60. The van der Waals surface area contributed by atoms with Gasteiger partial charge in [-0.3, -0.25) is 4.79 Å². The van der Waals surface area contributed by atoms with E-state index < -0.39 is 11.3 Å². The van der Waals surface area contributed by atoms with Crippen LogP contribution < -0.4 is 4.74 Å². The van der Waals surface area contributed by atoms with Crippen molar-refractivity contribution in [2.24, 2.45) is 5.41 Å². The molecule has 0 bridgehead atoms. The number of rotatable bonds is 4. The smallest absolute Gasteiger partial charge is 0.211 e. The molecule has 1 aliphatic carbocycles. The highest BCUT2D eigenvalue weighted by atomic mass is 32.1. The number of carbonyl (C=O) groups is 1. The Morgan fingerprint density at radius 1 is 1.19 bits per heavy atom. The van der Waals surface area contributed by atoms with Crippen LogP contribution in [0.2, 0.25) is 0 Å². The van der Waals surface area contributed by atoms with Crippen LogP contribution in [0.4, 0.5) is 0 Å². The van der Waals surface area contributed by atoms with E-state index in [0.717, 1.165) is 10.2 Å². The summed E-state index contributed by atoms with van der Waals surface area (Å²) in [7, 11) is 0. The van der Waals surface area contributed by atoms with E-state index in [1.54, 1.807) is 4.68 Å². The van der Waals surface area contributed by atoms with Gasteiger partial charge in [-0.2, -0.15) is 10.4 Å². The third-order valence-electron chi connectivity index (χ3n) is 5.66. The number of benzene rings is 2. The Hall–Kier alpha value is -3.50. The Balaban J connectivity index is 1.67. The molecule has 0 N–H and O–H groups in total. The highest BCUT2D eigenvalue weighted by Crippen LogP contribution is 2.46. The van der Waals surface area contributed by atoms with E-state index in [4.69, 9.17) is 14.8 Å². The molecule has 1 aliphatic rings. The van der Waals surface area contributed by atoms with Crippen molar-refractivity contribution in [3.63, 3.8) is 0 Å². The number of nitriles is 1. The highest BCUT2D eigenvalue weighted by Gasteiger charge is 2.45. The van der Waals surface area contributed by atoms with Crippen LogP contribution in [-0.2, 0) is 6.61 Å². The van der Waals surface area contributed by atoms with Gasteiger partial charge in [0.25, 0.3) is 0 Å². The van der Waals surface area contributed by atoms with Gasteiger partial charge in [-0.1, -0.05) is 55.5 Å². The topological polar surface area (TPSA) is 80.8 Å². The number of carbonyl (C=O) groups excluding carboxylic acids is 1. The largest absolute Gasteiger partial charge is 0.487 e. The fourth-order valence-corrected chi connectivity index (χ4v) is 5.06. The standard InChI is InChI=1S/C24H20N4O2S/c1-24(2)12-19(29)21-18(14-30-15-8-4-3-5-9-15)27-28(22(21)16(24)13-25)23-26-17-10-6-7-11-20(17)31-23/h3-11,16H,12,14H2,1-2H3. The molecule has 0 saturated carbocycles. The molecule has 0 amide bonds. The van der Waals surface area contributed by atoms with E-state index in [-0.39, 0.29) is 12.4 Å². The molecule has 2 aromatic heterocycles. The van der Waals surface area contributed by atoms with Crippen molar-refractivity contribution in [1.29, 1.82) is 5.26 Å². The maximum Gasteiger partial charge on any atom is 0.211 e. The molecule has 154 valence electrons. The summed E-state index contributed by atoms with van der Waals surface area (Å²) in [6, 6.07) is 19.7. The van der Waals surface area contributed by atoms with Gasteiger partial charge in [0.15, 0.2) is 5.78 Å². The fourth-order valence-electron chi connectivity index (χ4n) is 4.12. The molecular weight excluding hydrogens is 408 g/mol. The summed E-state index contributed by atoms with van der Waals surface area (Å²) in [5.74, 6) is 0.210. The first-order valence-electron chi connectivity index (χ1n) is 10.1. The molecule has 0 fully saturated rings. The molecular formula is C24H20N4O2S. The Bertz CT molecular complexity index is 1300. The van der Waals surface area contributed by atoms with Crippen LogP contribution in [0, 0.1) is 16.7 Å². The minimum absolute atomic E-state index is 0.00878. The van der Waals surface area contributed by atoms with Gasteiger partial charge in [0.2, 0.25) is 5.13 Å². The molecule has 0 aliphatic heterocycles. The number of Topliss-reactive ketones (excluding diaryl/α,β-unsaturated/α-hetero) is 1. The fraction of sp³-hybridized carbons (Fsp3) is 0.250. The maximum atomic E-state index is 13.2. The predicted octanol–water partition coefficient (Wildman–Crippen LogP) is 5.28. The molecule has 0 saturated heterocycles. The SMILES string of the molecule is CC1(C)CC(=O)c2c(COc3ccccc3)nn(-c3nc4ccccc4s3)c2C1C#N. The van der Waals surface area contributed by atoms with Gasteiger partial charge < -0.3 is 4.74 Å². The first-order valence-corrected chi connectivity index (χ1v) is 10.9. The Morgan fingerprint density at radius 3 is 2.68 bits per heavy atom. The zero-order valence-corrected chi connectivity index (χ0v) is 18.0. The third kappa shape index (κ3) is 3.29. The van der Waals surface area contributed by atoms with Crippen molar-refractivity contribution in [2.75, 3.05) is 0 Å². The van der Waals surface area contributed by atoms with Crippen molar-refractivity contribution in [3.8, 4) is 17.0 Å².